The number of nitrogens with one attached hydrogen (secondary N) is 3. The predicted octanol–water partition coefficient (Wildman–Crippen LogP) is 3.09. The molecule has 1 atom stereocenters. The highest BCUT2D eigenvalue weighted by atomic mass is 16.2. The molecule has 1 unspecified atom stereocenters. The largest absolute Gasteiger partial charge is 0.343 e. The Bertz CT molecular complexity index is 1540. The molecule has 4 aliphatic rings. The zero-order valence-corrected chi connectivity index (χ0v) is 26.6. The number of para-hydroxylation sites is 1. The molecule has 3 fully saturated rings. The standard InChI is InChI=1S/C35H46N8O3/c44-33(41-14-10-30(11-15-41)43-18-7-26-3-1-2-4-31(26)38-35(43)46)23-27(21-25-5-6-32-28(22-25)24-37-39-32)34(45)42-16-8-29(9-17-42)40-19-12-36-13-20-40/h1-6,22,24,27,29-30,36H,7-21,23H2,(H,37,39)(H,38,46). The molecule has 0 aliphatic carbocycles. The first-order chi connectivity index (χ1) is 22.5. The van der Waals surface area contributed by atoms with E-state index in [1.54, 1.807) is 6.20 Å². The number of fused-ring (bicyclic) bond motifs is 2. The van der Waals surface area contributed by atoms with Crippen LogP contribution in [0, 0.1) is 5.92 Å². The van der Waals surface area contributed by atoms with Gasteiger partial charge in [0.15, 0.2) is 0 Å². The Labute approximate surface area is 270 Å². The minimum absolute atomic E-state index is 0.0321. The zero-order chi connectivity index (χ0) is 31.5. The van der Waals surface area contributed by atoms with Crippen LogP contribution in [-0.2, 0) is 22.4 Å². The van der Waals surface area contributed by atoms with E-state index in [0.717, 1.165) is 99.1 Å². The van der Waals surface area contributed by atoms with E-state index in [0.29, 0.717) is 32.1 Å². The number of aromatic amines is 1. The van der Waals surface area contributed by atoms with Gasteiger partial charge in [-0.05, 0) is 67.9 Å². The van der Waals surface area contributed by atoms with Gasteiger partial charge in [0.2, 0.25) is 11.8 Å². The maximum Gasteiger partial charge on any atom is 0.322 e. The molecule has 11 nitrogen and oxygen atoms in total. The third-order valence-corrected chi connectivity index (χ3v) is 10.6. The van der Waals surface area contributed by atoms with Gasteiger partial charge in [-0.3, -0.25) is 19.6 Å². The molecule has 11 heteroatoms. The van der Waals surface area contributed by atoms with E-state index in [1.165, 1.54) is 0 Å². The third kappa shape index (κ3) is 6.76. The SMILES string of the molecule is O=C(CC(Cc1ccc2[nH]ncc2c1)C(=O)N1CCC(N2CCNCC2)CC1)N1CCC(N2CCc3ccccc3NC2=O)CC1. The minimum atomic E-state index is -0.416. The second-order valence-electron chi connectivity index (χ2n) is 13.4. The van der Waals surface area contributed by atoms with Crippen molar-refractivity contribution in [2.24, 2.45) is 5.92 Å². The Kier molecular flexibility index (Phi) is 9.21. The van der Waals surface area contributed by atoms with Gasteiger partial charge in [0, 0.05) is 88.5 Å². The van der Waals surface area contributed by atoms with Gasteiger partial charge in [-0.25, -0.2) is 4.79 Å². The van der Waals surface area contributed by atoms with E-state index in [-0.39, 0.29) is 30.3 Å². The maximum absolute atomic E-state index is 14.1. The number of carbonyl (C=O) groups excluding carboxylic acids is 3. The van der Waals surface area contributed by atoms with E-state index in [9.17, 15) is 14.4 Å². The fourth-order valence-corrected chi connectivity index (χ4v) is 7.91. The zero-order valence-electron chi connectivity index (χ0n) is 26.6. The summed E-state index contributed by atoms with van der Waals surface area (Å²) >= 11 is 0. The Morgan fingerprint density at radius 3 is 2.41 bits per heavy atom. The van der Waals surface area contributed by atoms with Crippen LogP contribution in [0.4, 0.5) is 10.5 Å². The number of urea groups is 1. The van der Waals surface area contributed by atoms with Crippen LogP contribution in [0.3, 0.4) is 0 Å². The molecular weight excluding hydrogens is 580 g/mol. The van der Waals surface area contributed by atoms with Gasteiger partial charge in [0.25, 0.3) is 0 Å². The molecular formula is C35H46N8O3. The van der Waals surface area contributed by atoms with Crippen molar-refractivity contribution in [2.45, 2.75) is 57.0 Å². The predicted molar refractivity (Wildman–Crippen MR) is 177 cm³/mol. The summed E-state index contributed by atoms with van der Waals surface area (Å²) in [6.07, 6.45) is 6.78. The first-order valence-electron chi connectivity index (χ1n) is 17.1. The van der Waals surface area contributed by atoms with Crippen LogP contribution < -0.4 is 10.6 Å². The van der Waals surface area contributed by atoms with Gasteiger partial charge >= 0.3 is 6.03 Å². The van der Waals surface area contributed by atoms with Gasteiger partial charge in [-0.1, -0.05) is 24.3 Å². The minimum Gasteiger partial charge on any atom is -0.343 e. The number of anilines is 1. The first kappa shape index (κ1) is 30.7. The van der Waals surface area contributed by atoms with Crippen LogP contribution in [0.5, 0.6) is 0 Å². The van der Waals surface area contributed by atoms with Crippen molar-refractivity contribution < 1.29 is 14.4 Å². The van der Waals surface area contributed by atoms with Gasteiger partial charge in [-0.15, -0.1) is 0 Å². The Hall–Kier alpha value is -3.96. The van der Waals surface area contributed by atoms with Gasteiger partial charge in [-0.2, -0.15) is 5.10 Å². The molecule has 0 radical (unpaired) electrons. The molecule has 0 bridgehead atoms. The molecule has 3 N–H and O–H groups in total. The number of piperazine rings is 1. The number of rotatable bonds is 7. The molecule has 3 aromatic rings. The summed E-state index contributed by atoms with van der Waals surface area (Å²) in [4.78, 5) is 49.4. The molecule has 0 saturated carbocycles. The molecule has 0 spiro atoms. The van der Waals surface area contributed by atoms with Crippen LogP contribution in [-0.4, -0.2) is 119 Å². The first-order valence-corrected chi connectivity index (χ1v) is 17.1. The van der Waals surface area contributed by atoms with Crippen molar-refractivity contribution in [3.05, 3.63) is 59.8 Å². The highest BCUT2D eigenvalue weighted by Crippen LogP contribution is 2.27. The molecule has 1 aromatic heterocycles. The van der Waals surface area contributed by atoms with Crippen molar-refractivity contribution in [2.75, 3.05) is 64.2 Å². The molecule has 3 saturated heterocycles. The number of carbonyl (C=O) groups is 3. The van der Waals surface area contributed by atoms with Crippen LogP contribution in [0.25, 0.3) is 10.9 Å². The van der Waals surface area contributed by atoms with Crippen LogP contribution in [0.15, 0.2) is 48.7 Å². The summed E-state index contributed by atoms with van der Waals surface area (Å²) in [5.41, 5.74) is 4.05. The summed E-state index contributed by atoms with van der Waals surface area (Å²) in [6.45, 7) is 7.54. The molecule has 46 heavy (non-hydrogen) atoms. The highest BCUT2D eigenvalue weighted by molar-refractivity contribution is 5.91. The van der Waals surface area contributed by atoms with Crippen LogP contribution in [0.2, 0.25) is 0 Å². The summed E-state index contributed by atoms with van der Waals surface area (Å²) in [5.74, 6) is -0.292. The second kappa shape index (κ2) is 13.8. The number of amides is 4. The highest BCUT2D eigenvalue weighted by Gasteiger charge is 2.35. The third-order valence-electron chi connectivity index (χ3n) is 10.6. The lowest BCUT2D eigenvalue weighted by atomic mass is 9.91. The van der Waals surface area contributed by atoms with E-state index < -0.39 is 5.92 Å². The summed E-state index contributed by atoms with van der Waals surface area (Å²) in [6, 6.07) is 14.7. The number of hydrogen-bond donors (Lipinski definition) is 3. The maximum atomic E-state index is 14.1. The summed E-state index contributed by atoms with van der Waals surface area (Å²) in [5, 5.41) is 14.7. The second-order valence-corrected chi connectivity index (χ2v) is 13.4. The molecule has 244 valence electrons. The number of hydrogen-bond acceptors (Lipinski definition) is 6. The number of piperidine rings is 2. The average Bonchev–Trinajstić information content (AvgIpc) is 3.50. The summed E-state index contributed by atoms with van der Waals surface area (Å²) in [7, 11) is 0. The molecule has 5 heterocycles. The Morgan fingerprint density at radius 1 is 0.870 bits per heavy atom. The van der Waals surface area contributed by atoms with Gasteiger partial charge in [0.1, 0.15) is 0 Å². The Balaban J connectivity index is 0.986. The van der Waals surface area contributed by atoms with E-state index in [1.807, 2.05) is 45.0 Å². The monoisotopic (exact) mass is 626 g/mol. The molecule has 2 aromatic carbocycles. The Morgan fingerprint density at radius 2 is 1.61 bits per heavy atom. The van der Waals surface area contributed by atoms with E-state index in [4.69, 9.17) is 0 Å². The van der Waals surface area contributed by atoms with Crippen molar-refractivity contribution >= 4 is 34.4 Å². The van der Waals surface area contributed by atoms with Crippen LogP contribution in [0.1, 0.15) is 43.2 Å². The smallest absolute Gasteiger partial charge is 0.322 e. The van der Waals surface area contributed by atoms with Crippen molar-refractivity contribution in [3.8, 4) is 0 Å². The number of H-pyrrole nitrogens is 1. The number of benzene rings is 2. The molecule has 7 rings (SSSR count). The average molecular weight is 627 g/mol. The fraction of sp³-hybridized carbons (Fsp3) is 0.543. The van der Waals surface area contributed by atoms with Crippen molar-refractivity contribution in [3.63, 3.8) is 0 Å². The summed E-state index contributed by atoms with van der Waals surface area (Å²) < 4.78 is 0. The lowest BCUT2D eigenvalue weighted by Gasteiger charge is -2.41. The quantitative estimate of drug-likeness (QED) is 0.371. The fourth-order valence-electron chi connectivity index (χ4n) is 7.91. The number of aromatic nitrogens is 2. The molecule has 4 amide bonds. The van der Waals surface area contributed by atoms with E-state index >= 15 is 0 Å². The van der Waals surface area contributed by atoms with Gasteiger partial charge < -0.3 is 25.3 Å². The molecule has 4 aliphatic heterocycles. The topological polar surface area (TPSA) is 117 Å². The van der Waals surface area contributed by atoms with Crippen molar-refractivity contribution in [1.82, 2.24) is 35.1 Å². The van der Waals surface area contributed by atoms with Gasteiger partial charge in [0.05, 0.1) is 17.6 Å². The normalized spacial score (nSPS) is 21.1. The lowest BCUT2D eigenvalue weighted by molar-refractivity contribution is -0.143. The number of nitrogens with zero attached hydrogens (tertiary/aromatic N) is 5. The van der Waals surface area contributed by atoms with Crippen molar-refractivity contribution in [1.29, 1.82) is 0 Å². The van der Waals surface area contributed by atoms with E-state index in [2.05, 4.69) is 37.9 Å². The number of likely N-dealkylation sites (tertiary alicyclic amines) is 2. The van der Waals surface area contributed by atoms with Crippen LogP contribution >= 0.6 is 0 Å². The lowest BCUT2D eigenvalue weighted by Crippen LogP contribution is -2.53.